The number of carbonyl (C=O) groups excluding carboxylic acids is 3. The normalized spacial score (nSPS) is 11.3. The van der Waals surface area contributed by atoms with Crippen LogP contribution >= 0.6 is 0 Å². The highest BCUT2D eigenvalue weighted by Gasteiger charge is 2.16. The van der Waals surface area contributed by atoms with E-state index in [-0.39, 0.29) is 11.5 Å². The van der Waals surface area contributed by atoms with Gasteiger partial charge >= 0.3 is 5.97 Å². The summed E-state index contributed by atoms with van der Waals surface area (Å²) in [5.41, 5.74) is 0.977. The average Bonchev–Trinajstić information content (AvgIpc) is 2.66. The number of ether oxygens (including phenoxy) is 1. The fourth-order valence-electron chi connectivity index (χ4n) is 2.29. The Balaban J connectivity index is 1.97. The molecule has 0 heterocycles. The predicted molar refractivity (Wildman–Crippen MR) is 102 cm³/mol. The third kappa shape index (κ3) is 5.75. The Labute approximate surface area is 159 Å². The van der Waals surface area contributed by atoms with E-state index in [0.29, 0.717) is 22.7 Å². The van der Waals surface area contributed by atoms with E-state index in [1.807, 2.05) is 6.92 Å². The van der Waals surface area contributed by atoms with Gasteiger partial charge in [-0.15, -0.1) is 0 Å². The summed E-state index contributed by atoms with van der Waals surface area (Å²) < 4.78 is 16.7. The maximum Gasteiger partial charge on any atom is 0.339 e. The standard InChI is InChI=1S/C19H20N2O5S/c1-3-20-18(23)13-7-6-8-14(11-13)21-17(22)12-26-19(24)15-9-4-5-10-16(15)27(2)25/h4-11H,3,12H2,1-2H3,(H,20,23)(H,21,22)/t27-/m1/s1. The Kier molecular flexibility index (Phi) is 7.25. The summed E-state index contributed by atoms with van der Waals surface area (Å²) in [5, 5.41) is 5.24. The van der Waals surface area contributed by atoms with Crippen LogP contribution < -0.4 is 10.6 Å². The first-order chi connectivity index (χ1) is 12.9. The topological polar surface area (TPSA) is 102 Å². The molecule has 0 aliphatic heterocycles. The molecule has 2 aromatic rings. The van der Waals surface area contributed by atoms with Crippen molar-refractivity contribution in [2.24, 2.45) is 0 Å². The molecule has 2 amide bonds. The number of hydrogen-bond donors (Lipinski definition) is 2. The second kappa shape index (κ2) is 9.63. The molecule has 2 rings (SSSR count). The fourth-order valence-corrected chi connectivity index (χ4v) is 3.02. The van der Waals surface area contributed by atoms with E-state index < -0.39 is 29.3 Å². The van der Waals surface area contributed by atoms with E-state index in [1.54, 1.807) is 36.4 Å². The molecule has 0 aromatic heterocycles. The Morgan fingerprint density at radius 3 is 2.52 bits per heavy atom. The van der Waals surface area contributed by atoms with Crippen molar-refractivity contribution in [3.8, 4) is 0 Å². The summed E-state index contributed by atoms with van der Waals surface area (Å²) in [4.78, 5) is 36.3. The van der Waals surface area contributed by atoms with Crippen molar-refractivity contribution in [2.45, 2.75) is 11.8 Å². The zero-order valence-corrected chi connectivity index (χ0v) is 15.8. The van der Waals surface area contributed by atoms with E-state index in [0.717, 1.165) is 0 Å². The number of anilines is 1. The summed E-state index contributed by atoms with van der Waals surface area (Å²) in [6, 6.07) is 12.8. The third-order valence-electron chi connectivity index (χ3n) is 3.50. The zero-order chi connectivity index (χ0) is 19.8. The van der Waals surface area contributed by atoms with Crippen LogP contribution in [-0.4, -0.2) is 41.4 Å². The molecule has 0 aliphatic carbocycles. The first-order valence-electron chi connectivity index (χ1n) is 8.20. The molecule has 142 valence electrons. The van der Waals surface area contributed by atoms with Gasteiger partial charge in [0.1, 0.15) is 0 Å². The molecular weight excluding hydrogens is 368 g/mol. The first-order valence-corrected chi connectivity index (χ1v) is 9.76. The Morgan fingerprint density at radius 1 is 1.07 bits per heavy atom. The van der Waals surface area contributed by atoms with Crippen molar-refractivity contribution in [3.05, 3.63) is 59.7 Å². The second-order valence-electron chi connectivity index (χ2n) is 5.51. The van der Waals surface area contributed by atoms with Crippen molar-refractivity contribution in [1.29, 1.82) is 0 Å². The molecule has 27 heavy (non-hydrogen) atoms. The highest BCUT2D eigenvalue weighted by atomic mass is 32.2. The van der Waals surface area contributed by atoms with Crippen LogP contribution in [0.4, 0.5) is 5.69 Å². The molecule has 0 spiro atoms. The van der Waals surface area contributed by atoms with Crippen molar-refractivity contribution >= 4 is 34.3 Å². The summed E-state index contributed by atoms with van der Waals surface area (Å²) in [6.07, 6.45) is 1.46. The van der Waals surface area contributed by atoms with Crippen LogP contribution in [0.5, 0.6) is 0 Å². The molecule has 2 aromatic carbocycles. The van der Waals surface area contributed by atoms with Crippen LogP contribution in [0.25, 0.3) is 0 Å². The number of nitrogens with one attached hydrogen (secondary N) is 2. The monoisotopic (exact) mass is 388 g/mol. The molecular formula is C19H20N2O5S. The summed E-state index contributed by atoms with van der Waals surface area (Å²) in [5.74, 6) is -1.53. The summed E-state index contributed by atoms with van der Waals surface area (Å²) in [6.45, 7) is 1.80. The van der Waals surface area contributed by atoms with Crippen LogP contribution in [0.1, 0.15) is 27.6 Å². The lowest BCUT2D eigenvalue weighted by Gasteiger charge is -2.09. The largest absolute Gasteiger partial charge is 0.452 e. The third-order valence-corrected chi connectivity index (χ3v) is 4.47. The van der Waals surface area contributed by atoms with Crippen LogP contribution in [0.2, 0.25) is 0 Å². The molecule has 0 fully saturated rings. The minimum Gasteiger partial charge on any atom is -0.452 e. The number of esters is 1. The van der Waals surface area contributed by atoms with E-state index in [1.165, 1.54) is 18.4 Å². The van der Waals surface area contributed by atoms with E-state index in [2.05, 4.69) is 10.6 Å². The van der Waals surface area contributed by atoms with Gasteiger partial charge in [0.15, 0.2) is 6.61 Å². The Hall–Kier alpha value is -3.00. The van der Waals surface area contributed by atoms with Gasteiger partial charge in [0.2, 0.25) is 0 Å². The fraction of sp³-hybridized carbons (Fsp3) is 0.211. The van der Waals surface area contributed by atoms with Gasteiger partial charge in [0.05, 0.1) is 21.3 Å². The van der Waals surface area contributed by atoms with Crippen molar-refractivity contribution in [3.63, 3.8) is 0 Å². The number of rotatable bonds is 7. The van der Waals surface area contributed by atoms with Crippen LogP contribution in [0, 0.1) is 0 Å². The lowest BCUT2D eigenvalue weighted by molar-refractivity contribution is -0.119. The average molecular weight is 388 g/mol. The van der Waals surface area contributed by atoms with Crippen molar-refractivity contribution in [1.82, 2.24) is 5.32 Å². The second-order valence-corrected chi connectivity index (χ2v) is 6.86. The number of benzene rings is 2. The van der Waals surface area contributed by atoms with Crippen molar-refractivity contribution in [2.75, 3.05) is 24.7 Å². The van der Waals surface area contributed by atoms with Crippen LogP contribution in [0.15, 0.2) is 53.4 Å². The molecule has 0 bridgehead atoms. The maximum atomic E-state index is 12.2. The van der Waals surface area contributed by atoms with E-state index >= 15 is 0 Å². The van der Waals surface area contributed by atoms with E-state index in [9.17, 15) is 18.6 Å². The molecule has 0 saturated carbocycles. The Morgan fingerprint density at radius 2 is 1.81 bits per heavy atom. The van der Waals surface area contributed by atoms with Crippen LogP contribution in [-0.2, 0) is 20.3 Å². The van der Waals surface area contributed by atoms with Gasteiger partial charge in [-0.2, -0.15) is 0 Å². The van der Waals surface area contributed by atoms with E-state index in [4.69, 9.17) is 4.74 Å². The molecule has 0 unspecified atom stereocenters. The van der Waals surface area contributed by atoms with Gasteiger partial charge < -0.3 is 15.4 Å². The highest BCUT2D eigenvalue weighted by molar-refractivity contribution is 7.84. The molecule has 0 saturated heterocycles. The summed E-state index contributed by atoms with van der Waals surface area (Å²) in [7, 11) is -1.36. The molecule has 1 atom stereocenters. The van der Waals surface area contributed by atoms with Gasteiger partial charge in [0.25, 0.3) is 11.8 Å². The van der Waals surface area contributed by atoms with Crippen molar-refractivity contribution < 1.29 is 23.3 Å². The zero-order valence-electron chi connectivity index (χ0n) is 15.0. The predicted octanol–water partition coefficient (Wildman–Crippen LogP) is 1.97. The smallest absolute Gasteiger partial charge is 0.339 e. The Bertz CT molecular complexity index is 882. The number of hydrogen-bond acceptors (Lipinski definition) is 5. The summed E-state index contributed by atoms with van der Waals surface area (Å²) >= 11 is 0. The SMILES string of the molecule is CCNC(=O)c1cccc(NC(=O)COC(=O)c2ccccc2[S@@](C)=O)c1. The quantitative estimate of drug-likeness (QED) is 0.706. The highest BCUT2D eigenvalue weighted by Crippen LogP contribution is 2.14. The molecule has 0 radical (unpaired) electrons. The molecule has 2 N–H and O–H groups in total. The molecule has 7 nitrogen and oxygen atoms in total. The van der Waals surface area contributed by atoms with Crippen LogP contribution in [0.3, 0.4) is 0 Å². The van der Waals surface area contributed by atoms with Gasteiger partial charge in [-0.3, -0.25) is 13.8 Å². The minimum atomic E-state index is -1.36. The van der Waals surface area contributed by atoms with Gasteiger partial charge in [-0.1, -0.05) is 18.2 Å². The van der Waals surface area contributed by atoms with Gasteiger partial charge in [-0.25, -0.2) is 4.79 Å². The minimum absolute atomic E-state index is 0.157. The first kappa shape index (κ1) is 20.3. The lowest BCUT2D eigenvalue weighted by atomic mass is 10.2. The van der Waals surface area contributed by atoms with Gasteiger partial charge in [-0.05, 0) is 37.3 Å². The molecule has 8 heteroatoms. The number of carbonyl (C=O) groups is 3. The number of amides is 2. The lowest BCUT2D eigenvalue weighted by Crippen LogP contribution is -2.23. The van der Waals surface area contributed by atoms with Gasteiger partial charge in [0, 0.05) is 24.1 Å². The maximum absolute atomic E-state index is 12.2. The molecule has 0 aliphatic rings.